The van der Waals surface area contributed by atoms with E-state index in [-0.39, 0.29) is 5.92 Å². The quantitative estimate of drug-likeness (QED) is 0.841. The van der Waals surface area contributed by atoms with Crippen molar-refractivity contribution in [2.24, 2.45) is 5.92 Å². The van der Waals surface area contributed by atoms with Gasteiger partial charge in [-0.1, -0.05) is 0 Å². The van der Waals surface area contributed by atoms with Gasteiger partial charge in [-0.25, -0.2) is 4.98 Å². The highest BCUT2D eigenvalue weighted by molar-refractivity contribution is 7.13. The highest BCUT2D eigenvalue weighted by atomic mass is 32.1. The maximum absolute atomic E-state index is 13.3. The molecular weight excluding hydrogens is 320 g/mol. The molecule has 3 aliphatic heterocycles. The van der Waals surface area contributed by atoms with E-state index >= 15 is 0 Å². The van der Waals surface area contributed by atoms with E-state index in [0.29, 0.717) is 18.0 Å². The molecule has 1 aromatic rings. The van der Waals surface area contributed by atoms with Crippen molar-refractivity contribution in [2.75, 3.05) is 38.1 Å². The van der Waals surface area contributed by atoms with Gasteiger partial charge in [0.1, 0.15) is 0 Å². The number of amides is 1. The van der Waals surface area contributed by atoms with E-state index in [2.05, 4.69) is 26.7 Å². The van der Waals surface area contributed by atoms with Crippen molar-refractivity contribution >= 4 is 22.4 Å². The first-order valence-electron chi connectivity index (χ1n) is 9.39. The average Bonchev–Trinajstić information content (AvgIpc) is 3.35. The van der Waals surface area contributed by atoms with Crippen LogP contribution in [0.3, 0.4) is 0 Å². The van der Waals surface area contributed by atoms with Gasteiger partial charge in [-0.2, -0.15) is 0 Å². The van der Waals surface area contributed by atoms with Crippen LogP contribution in [0, 0.1) is 5.92 Å². The summed E-state index contributed by atoms with van der Waals surface area (Å²) in [6.45, 7) is 4.02. The predicted molar refractivity (Wildman–Crippen MR) is 97.4 cm³/mol. The largest absolute Gasteiger partial charge is 0.347 e. The van der Waals surface area contributed by atoms with Crippen LogP contribution in [0.2, 0.25) is 0 Å². The highest BCUT2D eigenvalue weighted by Gasteiger charge is 2.41. The zero-order chi connectivity index (χ0) is 16.5. The summed E-state index contributed by atoms with van der Waals surface area (Å²) >= 11 is 1.68. The summed E-state index contributed by atoms with van der Waals surface area (Å²) in [7, 11) is 2.23. The van der Waals surface area contributed by atoms with E-state index in [9.17, 15) is 4.79 Å². The van der Waals surface area contributed by atoms with E-state index < -0.39 is 0 Å². The Bertz CT molecular complexity index is 563. The third-order valence-corrected chi connectivity index (χ3v) is 6.90. The fraction of sp³-hybridized carbons (Fsp3) is 0.778. The van der Waals surface area contributed by atoms with Crippen molar-refractivity contribution in [3.63, 3.8) is 0 Å². The lowest BCUT2D eigenvalue weighted by Crippen LogP contribution is -2.51. The van der Waals surface area contributed by atoms with Crippen LogP contribution in [0.1, 0.15) is 38.5 Å². The Kier molecular flexibility index (Phi) is 4.77. The van der Waals surface area contributed by atoms with Crippen LogP contribution in [0.4, 0.5) is 5.13 Å². The van der Waals surface area contributed by atoms with Crippen molar-refractivity contribution in [1.29, 1.82) is 0 Å². The molecule has 3 aliphatic rings. The van der Waals surface area contributed by atoms with Crippen LogP contribution in [-0.2, 0) is 4.79 Å². The zero-order valence-corrected chi connectivity index (χ0v) is 15.4. The Labute approximate surface area is 148 Å². The lowest BCUT2D eigenvalue weighted by molar-refractivity contribution is -0.137. The van der Waals surface area contributed by atoms with Gasteiger partial charge in [0.2, 0.25) is 5.91 Å². The maximum atomic E-state index is 13.3. The Morgan fingerprint density at radius 3 is 2.67 bits per heavy atom. The van der Waals surface area contributed by atoms with Gasteiger partial charge in [-0.05, 0) is 52.1 Å². The minimum Gasteiger partial charge on any atom is -0.347 e. The number of aromatic nitrogens is 1. The van der Waals surface area contributed by atoms with Crippen LogP contribution in [0.15, 0.2) is 11.6 Å². The molecule has 6 heteroatoms. The monoisotopic (exact) mass is 348 g/mol. The summed E-state index contributed by atoms with van der Waals surface area (Å²) in [6, 6.07) is 1.02. The molecule has 1 amide bonds. The third kappa shape index (κ3) is 3.06. The molecule has 4 rings (SSSR count). The molecule has 3 atom stereocenters. The molecule has 0 radical (unpaired) electrons. The lowest BCUT2D eigenvalue weighted by atomic mass is 9.95. The number of likely N-dealkylation sites (tertiary alicyclic amines) is 2. The Balaban J connectivity index is 1.44. The van der Waals surface area contributed by atoms with E-state index in [1.807, 2.05) is 11.6 Å². The molecule has 0 aromatic carbocycles. The summed E-state index contributed by atoms with van der Waals surface area (Å²) in [4.78, 5) is 24.7. The van der Waals surface area contributed by atoms with E-state index in [1.165, 1.54) is 32.2 Å². The number of carbonyl (C=O) groups is 1. The van der Waals surface area contributed by atoms with Gasteiger partial charge in [0.05, 0.1) is 5.92 Å². The lowest BCUT2D eigenvalue weighted by Gasteiger charge is -2.38. The summed E-state index contributed by atoms with van der Waals surface area (Å²) in [5.41, 5.74) is 0. The van der Waals surface area contributed by atoms with Gasteiger partial charge in [0.15, 0.2) is 5.13 Å². The molecule has 4 heterocycles. The first kappa shape index (κ1) is 16.3. The topological polar surface area (TPSA) is 39.7 Å². The van der Waals surface area contributed by atoms with Crippen molar-refractivity contribution in [3.05, 3.63) is 11.6 Å². The number of thiazole rings is 1. The Morgan fingerprint density at radius 1 is 1.12 bits per heavy atom. The summed E-state index contributed by atoms with van der Waals surface area (Å²) in [5.74, 6) is 0.550. The van der Waals surface area contributed by atoms with Crippen molar-refractivity contribution in [2.45, 2.75) is 50.6 Å². The first-order valence-corrected chi connectivity index (χ1v) is 10.3. The van der Waals surface area contributed by atoms with Crippen LogP contribution in [0.5, 0.6) is 0 Å². The van der Waals surface area contributed by atoms with Crippen molar-refractivity contribution in [3.8, 4) is 0 Å². The van der Waals surface area contributed by atoms with E-state index in [1.54, 1.807) is 11.3 Å². The second kappa shape index (κ2) is 7.00. The summed E-state index contributed by atoms with van der Waals surface area (Å²) in [5, 5.41) is 3.09. The zero-order valence-electron chi connectivity index (χ0n) is 14.6. The summed E-state index contributed by atoms with van der Waals surface area (Å²) in [6.07, 6.45) is 8.87. The Morgan fingerprint density at radius 2 is 1.92 bits per heavy atom. The van der Waals surface area contributed by atoms with Gasteiger partial charge in [-0.15, -0.1) is 11.3 Å². The van der Waals surface area contributed by atoms with E-state index in [4.69, 9.17) is 0 Å². The molecule has 0 aliphatic carbocycles. The van der Waals surface area contributed by atoms with Gasteiger partial charge < -0.3 is 14.7 Å². The second-order valence-electron chi connectivity index (χ2n) is 7.53. The van der Waals surface area contributed by atoms with Gasteiger partial charge in [-0.3, -0.25) is 4.79 Å². The van der Waals surface area contributed by atoms with Gasteiger partial charge in [0.25, 0.3) is 0 Å². The van der Waals surface area contributed by atoms with E-state index in [0.717, 1.165) is 37.6 Å². The molecule has 0 saturated carbocycles. The maximum Gasteiger partial charge on any atom is 0.227 e. The molecule has 3 saturated heterocycles. The molecular formula is C18H28N4OS. The van der Waals surface area contributed by atoms with Crippen LogP contribution < -0.4 is 4.90 Å². The molecule has 0 N–H and O–H groups in total. The molecule has 1 aromatic heterocycles. The number of rotatable bonds is 3. The van der Waals surface area contributed by atoms with Crippen LogP contribution in [-0.4, -0.2) is 66.0 Å². The molecule has 0 bridgehead atoms. The fourth-order valence-corrected chi connectivity index (χ4v) is 5.53. The second-order valence-corrected chi connectivity index (χ2v) is 8.40. The van der Waals surface area contributed by atoms with Gasteiger partial charge >= 0.3 is 0 Å². The molecule has 24 heavy (non-hydrogen) atoms. The van der Waals surface area contributed by atoms with Crippen molar-refractivity contribution in [1.82, 2.24) is 14.8 Å². The minimum atomic E-state index is 0.148. The number of likely N-dealkylation sites (N-methyl/N-ethyl adjacent to an activating group) is 1. The standard InChI is InChI=1S/C18H28N4OS/c1-20-9-3-6-15(20)16-7-4-11-22(16)17(23)14-5-2-10-21(13-14)18-19-8-12-24-18/h8,12,14-16H,2-7,9-11,13H2,1H3/t14-,15-,16+/m1/s1. The van der Waals surface area contributed by atoms with Crippen LogP contribution in [0.25, 0.3) is 0 Å². The molecule has 132 valence electrons. The number of carbonyl (C=O) groups excluding carboxylic acids is 1. The van der Waals surface area contributed by atoms with Crippen LogP contribution >= 0.6 is 11.3 Å². The number of anilines is 1. The molecule has 0 unspecified atom stereocenters. The number of piperidine rings is 1. The number of hydrogen-bond acceptors (Lipinski definition) is 5. The SMILES string of the molecule is CN1CCC[C@@H]1[C@@H]1CCCN1C(=O)[C@@H]1CCCN(c2nccs2)C1. The third-order valence-electron chi connectivity index (χ3n) is 6.06. The first-order chi connectivity index (χ1) is 11.7. The summed E-state index contributed by atoms with van der Waals surface area (Å²) < 4.78 is 0. The predicted octanol–water partition coefficient (Wildman–Crippen LogP) is 2.44. The van der Waals surface area contributed by atoms with Crippen molar-refractivity contribution < 1.29 is 4.79 Å². The smallest absolute Gasteiger partial charge is 0.227 e. The highest BCUT2D eigenvalue weighted by Crippen LogP contribution is 2.32. The molecule has 3 fully saturated rings. The Hall–Kier alpha value is -1.14. The molecule has 0 spiro atoms. The number of hydrogen-bond donors (Lipinski definition) is 0. The minimum absolute atomic E-state index is 0.148. The fourth-order valence-electron chi connectivity index (χ4n) is 4.85. The van der Waals surface area contributed by atoms with Gasteiger partial charge in [0, 0.05) is 43.3 Å². The normalized spacial score (nSPS) is 31.8. The average molecular weight is 349 g/mol. The molecule has 5 nitrogen and oxygen atoms in total. The number of nitrogens with zero attached hydrogens (tertiary/aromatic N) is 4.